The molecule has 6 nitrogen and oxygen atoms in total. The Kier molecular flexibility index (Phi) is 2.70. The van der Waals surface area contributed by atoms with Crippen LogP contribution in [0.5, 0.6) is 0 Å². The highest BCUT2D eigenvalue weighted by atomic mass is 32.2. The lowest BCUT2D eigenvalue weighted by Gasteiger charge is -2.10. The van der Waals surface area contributed by atoms with Crippen LogP contribution in [0.1, 0.15) is 25.5 Å². The molecule has 0 amide bonds. The summed E-state index contributed by atoms with van der Waals surface area (Å²) >= 11 is 0. The SMILES string of the molecule is Cc1c(S(=O)(=O)NCC2(C)CC2)c(N)nn1C. The third kappa shape index (κ3) is 2.30. The zero-order chi connectivity index (χ0) is 12.8. The Hall–Kier alpha value is -1.08. The number of nitrogens with two attached hydrogens (primary N) is 1. The molecule has 0 aromatic carbocycles. The molecule has 1 aliphatic carbocycles. The summed E-state index contributed by atoms with van der Waals surface area (Å²) in [7, 11) is -1.88. The van der Waals surface area contributed by atoms with Crippen molar-refractivity contribution in [1.82, 2.24) is 14.5 Å². The summed E-state index contributed by atoms with van der Waals surface area (Å²) in [5.74, 6) is 0.0541. The summed E-state index contributed by atoms with van der Waals surface area (Å²) in [5, 5.41) is 3.91. The van der Waals surface area contributed by atoms with Gasteiger partial charge in [0.2, 0.25) is 10.0 Å². The first-order valence-corrected chi connectivity index (χ1v) is 7.02. The van der Waals surface area contributed by atoms with E-state index in [1.165, 1.54) is 4.68 Å². The van der Waals surface area contributed by atoms with Gasteiger partial charge in [-0.05, 0) is 25.2 Å². The lowest BCUT2D eigenvalue weighted by molar-refractivity contribution is 0.530. The molecule has 2 rings (SSSR count). The van der Waals surface area contributed by atoms with E-state index >= 15 is 0 Å². The van der Waals surface area contributed by atoms with Gasteiger partial charge in [0.25, 0.3) is 0 Å². The Labute approximate surface area is 101 Å². The molecule has 3 N–H and O–H groups in total. The molecule has 0 atom stereocenters. The zero-order valence-electron chi connectivity index (χ0n) is 10.3. The second kappa shape index (κ2) is 3.71. The van der Waals surface area contributed by atoms with E-state index in [4.69, 9.17) is 5.73 Å². The highest BCUT2D eigenvalue weighted by Gasteiger charge is 2.38. The van der Waals surface area contributed by atoms with E-state index in [0.717, 1.165) is 12.8 Å². The van der Waals surface area contributed by atoms with Gasteiger partial charge in [-0.2, -0.15) is 5.10 Å². The average molecular weight is 258 g/mol. The molecule has 0 unspecified atom stereocenters. The van der Waals surface area contributed by atoms with Gasteiger partial charge in [-0.1, -0.05) is 6.92 Å². The van der Waals surface area contributed by atoms with Gasteiger partial charge in [0.1, 0.15) is 4.90 Å². The van der Waals surface area contributed by atoms with Crippen molar-refractivity contribution in [2.75, 3.05) is 12.3 Å². The summed E-state index contributed by atoms with van der Waals surface area (Å²) in [6.45, 7) is 4.22. The summed E-state index contributed by atoms with van der Waals surface area (Å²) in [6, 6.07) is 0. The molecule has 0 spiro atoms. The second-order valence-corrected chi connectivity index (χ2v) is 6.76. The van der Waals surface area contributed by atoms with E-state index in [-0.39, 0.29) is 16.1 Å². The van der Waals surface area contributed by atoms with Gasteiger partial charge >= 0.3 is 0 Å². The molecule has 0 radical (unpaired) electrons. The van der Waals surface area contributed by atoms with Crippen LogP contribution in [0.15, 0.2) is 4.90 Å². The van der Waals surface area contributed by atoms with Crippen LogP contribution in [-0.2, 0) is 17.1 Å². The van der Waals surface area contributed by atoms with Gasteiger partial charge in [0, 0.05) is 13.6 Å². The fourth-order valence-corrected chi connectivity index (χ4v) is 3.20. The maximum Gasteiger partial charge on any atom is 0.246 e. The zero-order valence-corrected chi connectivity index (χ0v) is 11.1. The summed E-state index contributed by atoms with van der Waals surface area (Å²) < 4.78 is 28.3. The number of nitrogen functional groups attached to an aromatic ring is 1. The fraction of sp³-hybridized carbons (Fsp3) is 0.700. The predicted molar refractivity (Wildman–Crippen MR) is 64.9 cm³/mol. The van der Waals surface area contributed by atoms with Gasteiger partial charge in [-0.15, -0.1) is 0 Å². The summed E-state index contributed by atoms with van der Waals surface area (Å²) in [4.78, 5) is 0.101. The maximum atomic E-state index is 12.1. The molecule has 7 heteroatoms. The lowest BCUT2D eigenvalue weighted by Crippen LogP contribution is -2.30. The molecule has 0 aliphatic heterocycles. The number of anilines is 1. The Bertz CT molecular complexity index is 543. The average Bonchev–Trinajstić information content (AvgIpc) is 2.88. The first-order chi connectivity index (χ1) is 7.75. The number of hydrogen-bond acceptors (Lipinski definition) is 4. The minimum atomic E-state index is -3.55. The predicted octanol–water partition coefficient (Wildman–Crippen LogP) is 0.389. The minimum absolute atomic E-state index is 0.0541. The molecular weight excluding hydrogens is 240 g/mol. The van der Waals surface area contributed by atoms with Crippen molar-refractivity contribution >= 4 is 15.8 Å². The summed E-state index contributed by atoms with van der Waals surface area (Å²) in [6.07, 6.45) is 2.13. The van der Waals surface area contributed by atoms with Crippen LogP contribution in [0.4, 0.5) is 5.82 Å². The Balaban J connectivity index is 2.25. The molecule has 1 heterocycles. The van der Waals surface area contributed by atoms with Crippen molar-refractivity contribution in [3.05, 3.63) is 5.69 Å². The van der Waals surface area contributed by atoms with Crippen LogP contribution < -0.4 is 10.5 Å². The molecule has 1 fully saturated rings. The van der Waals surface area contributed by atoms with Crippen molar-refractivity contribution < 1.29 is 8.42 Å². The van der Waals surface area contributed by atoms with E-state index in [0.29, 0.717) is 12.2 Å². The van der Waals surface area contributed by atoms with E-state index in [1.54, 1.807) is 14.0 Å². The smallest absolute Gasteiger partial charge is 0.246 e. The first-order valence-electron chi connectivity index (χ1n) is 5.54. The minimum Gasteiger partial charge on any atom is -0.381 e. The quantitative estimate of drug-likeness (QED) is 0.817. The van der Waals surface area contributed by atoms with Crippen molar-refractivity contribution in [1.29, 1.82) is 0 Å². The van der Waals surface area contributed by atoms with Gasteiger partial charge in [0.05, 0.1) is 5.69 Å². The number of sulfonamides is 1. The standard InChI is InChI=1S/C10H18N4O2S/c1-7-8(9(11)13-14(7)3)17(15,16)12-6-10(2)4-5-10/h12H,4-6H2,1-3H3,(H2,11,13). The van der Waals surface area contributed by atoms with Gasteiger partial charge in [-0.3, -0.25) is 4.68 Å². The maximum absolute atomic E-state index is 12.1. The third-order valence-corrected chi connectivity index (χ3v) is 4.93. The highest BCUT2D eigenvalue weighted by Crippen LogP contribution is 2.44. The van der Waals surface area contributed by atoms with E-state index in [2.05, 4.69) is 16.7 Å². The normalized spacial score (nSPS) is 18.3. The third-order valence-electron chi connectivity index (χ3n) is 3.37. The van der Waals surface area contributed by atoms with E-state index < -0.39 is 10.0 Å². The van der Waals surface area contributed by atoms with Crippen LogP contribution in [0, 0.1) is 12.3 Å². The van der Waals surface area contributed by atoms with Crippen molar-refractivity contribution in [2.24, 2.45) is 12.5 Å². The number of nitrogens with one attached hydrogen (secondary N) is 1. The van der Waals surface area contributed by atoms with Crippen LogP contribution >= 0.6 is 0 Å². The van der Waals surface area contributed by atoms with Gasteiger partial charge in [0.15, 0.2) is 5.82 Å². The molecule has 1 aromatic rings. The van der Waals surface area contributed by atoms with Crippen LogP contribution in [0.25, 0.3) is 0 Å². The van der Waals surface area contributed by atoms with Crippen molar-refractivity contribution in [3.63, 3.8) is 0 Å². The summed E-state index contributed by atoms with van der Waals surface area (Å²) in [5.41, 5.74) is 6.31. The van der Waals surface area contributed by atoms with E-state index in [1.807, 2.05) is 0 Å². The molecule has 0 bridgehead atoms. The first kappa shape index (κ1) is 12.4. The highest BCUT2D eigenvalue weighted by molar-refractivity contribution is 7.89. The fourth-order valence-electron chi connectivity index (χ4n) is 1.68. The molecule has 96 valence electrons. The largest absolute Gasteiger partial charge is 0.381 e. The molecular formula is C10H18N4O2S. The Morgan fingerprint density at radius 1 is 1.53 bits per heavy atom. The lowest BCUT2D eigenvalue weighted by atomic mass is 10.2. The monoisotopic (exact) mass is 258 g/mol. The molecule has 1 aliphatic rings. The Morgan fingerprint density at radius 2 is 2.12 bits per heavy atom. The topological polar surface area (TPSA) is 90.0 Å². The number of nitrogens with zero attached hydrogens (tertiary/aromatic N) is 2. The van der Waals surface area contributed by atoms with Gasteiger partial charge < -0.3 is 5.73 Å². The number of aryl methyl sites for hydroxylation is 1. The van der Waals surface area contributed by atoms with E-state index in [9.17, 15) is 8.42 Å². The van der Waals surface area contributed by atoms with Crippen molar-refractivity contribution in [3.8, 4) is 0 Å². The second-order valence-electron chi connectivity index (χ2n) is 5.06. The molecule has 1 aromatic heterocycles. The van der Waals surface area contributed by atoms with Crippen LogP contribution in [0.2, 0.25) is 0 Å². The number of aromatic nitrogens is 2. The number of rotatable bonds is 4. The van der Waals surface area contributed by atoms with Crippen molar-refractivity contribution in [2.45, 2.75) is 31.6 Å². The number of hydrogen-bond donors (Lipinski definition) is 2. The Morgan fingerprint density at radius 3 is 2.53 bits per heavy atom. The van der Waals surface area contributed by atoms with Gasteiger partial charge in [-0.25, -0.2) is 13.1 Å². The molecule has 0 saturated heterocycles. The molecule has 1 saturated carbocycles. The van der Waals surface area contributed by atoms with Crippen LogP contribution in [0.3, 0.4) is 0 Å². The van der Waals surface area contributed by atoms with Crippen LogP contribution in [-0.4, -0.2) is 24.7 Å². The molecule has 17 heavy (non-hydrogen) atoms.